The summed E-state index contributed by atoms with van der Waals surface area (Å²) in [4.78, 5) is 4.36. The topological polar surface area (TPSA) is 38.9 Å². The van der Waals surface area contributed by atoms with Crippen LogP contribution in [0.25, 0.3) is 11.1 Å². The summed E-state index contributed by atoms with van der Waals surface area (Å²) >= 11 is 1.51. The van der Waals surface area contributed by atoms with Crippen LogP contribution in [0.2, 0.25) is 0 Å². The van der Waals surface area contributed by atoms with E-state index < -0.39 is 0 Å². The van der Waals surface area contributed by atoms with Gasteiger partial charge in [-0.05, 0) is 41.7 Å². The van der Waals surface area contributed by atoms with Crippen molar-refractivity contribution in [3.8, 4) is 0 Å². The quantitative estimate of drug-likeness (QED) is 0.714. The zero-order chi connectivity index (χ0) is 12.5. The minimum absolute atomic E-state index is 0.432. The minimum atomic E-state index is 0.432. The molecule has 2 heterocycles. The van der Waals surface area contributed by atoms with E-state index >= 15 is 0 Å². The molecular weight excluding hydrogens is 244 g/mol. The summed E-state index contributed by atoms with van der Waals surface area (Å²) in [5.41, 5.74) is 4.24. The number of benzene rings is 1. The van der Waals surface area contributed by atoms with Gasteiger partial charge in [0.1, 0.15) is 5.52 Å². The van der Waals surface area contributed by atoms with Crippen LogP contribution in [0, 0.1) is 6.92 Å². The third-order valence-electron chi connectivity index (χ3n) is 3.06. The predicted molar refractivity (Wildman–Crippen MR) is 73.0 cm³/mol. The predicted octanol–water partition coefficient (Wildman–Crippen LogP) is 3.94. The molecule has 0 amide bonds. The first-order chi connectivity index (χ1) is 8.72. The summed E-state index contributed by atoms with van der Waals surface area (Å²) in [5.74, 6) is 1.15. The van der Waals surface area contributed by atoms with E-state index in [4.69, 9.17) is 4.42 Å². The highest BCUT2D eigenvalue weighted by molar-refractivity contribution is 7.03. The molecule has 0 bridgehead atoms. The smallest absolute Gasteiger partial charge is 0.192 e. The van der Waals surface area contributed by atoms with Crippen molar-refractivity contribution in [2.24, 2.45) is 0 Å². The molecule has 0 saturated carbocycles. The van der Waals surface area contributed by atoms with Crippen molar-refractivity contribution in [1.82, 2.24) is 9.36 Å². The Bertz CT molecular complexity index is 658. The van der Waals surface area contributed by atoms with Crippen LogP contribution in [0.5, 0.6) is 0 Å². The van der Waals surface area contributed by atoms with Crippen LogP contribution < -0.4 is 0 Å². The molecule has 0 spiro atoms. The molecule has 1 aromatic carbocycles. The molecule has 0 aliphatic heterocycles. The van der Waals surface area contributed by atoms with Gasteiger partial charge < -0.3 is 4.42 Å². The van der Waals surface area contributed by atoms with Crippen LogP contribution in [-0.4, -0.2) is 9.36 Å². The van der Waals surface area contributed by atoms with Crippen LogP contribution in [0.4, 0.5) is 0 Å². The van der Waals surface area contributed by atoms with Crippen LogP contribution in [0.3, 0.4) is 0 Å². The van der Waals surface area contributed by atoms with Gasteiger partial charge in [0.15, 0.2) is 11.5 Å². The summed E-state index contributed by atoms with van der Waals surface area (Å²) in [5, 5.41) is 2.02. The largest absolute Gasteiger partial charge is 0.441 e. The molecule has 1 atom stereocenters. The molecule has 92 valence electrons. The molecule has 0 aliphatic carbocycles. The number of rotatable bonds is 3. The maximum Gasteiger partial charge on any atom is 0.192 e. The second-order valence-corrected chi connectivity index (χ2v) is 5.23. The fourth-order valence-electron chi connectivity index (χ4n) is 2.15. The van der Waals surface area contributed by atoms with Gasteiger partial charge in [0, 0.05) is 18.2 Å². The lowest BCUT2D eigenvalue weighted by Gasteiger charge is -2.08. The lowest BCUT2D eigenvalue weighted by molar-refractivity contribution is 0.561. The van der Waals surface area contributed by atoms with Gasteiger partial charge in [-0.3, -0.25) is 0 Å². The van der Waals surface area contributed by atoms with E-state index in [1.807, 2.05) is 18.4 Å². The molecular formula is C14H14N2OS. The molecule has 18 heavy (non-hydrogen) atoms. The molecule has 0 saturated heterocycles. The van der Waals surface area contributed by atoms with Crippen molar-refractivity contribution in [3.05, 3.63) is 46.8 Å². The minimum Gasteiger partial charge on any atom is -0.441 e. The molecule has 2 aromatic heterocycles. The summed E-state index contributed by atoms with van der Waals surface area (Å²) in [7, 11) is 0. The Morgan fingerprint density at radius 3 is 3.00 bits per heavy atom. The third-order valence-corrected chi connectivity index (χ3v) is 3.64. The van der Waals surface area contributed by atoms with Crippen LogP contribution >= 0.6 is 11.5 Å². The van der Waals surface area contributed by atoms with Gasteiger partial charge in [-0.25, -0.2) is 4.98 Å². The number of fused-ring (bicyclic) bond motifs is 1. The lowest BCUT2D eigenvalue weighted by atomic mass is 9.98. The van der Waals surface area contributed by atoms with Crippen molar-refractivity contribution in [2.75, 3.05) is 0 Å². The number of hydrogen-bond donors (Lipinski definition) is 0. The number of aromatic nitrogens is 2. The average Bonchev–Trinajstić information content (AvgIpc) is 2.95. The Morgan fingerprint density at radius 2 is 2.22 bits per heavy atom. The molecule has 0 fully saturated rings. The fourth-order valence-corrected chi connectivity index (χ4v) is 2.77. The summed E-state index contributed by atoms with van der Waals surface area (Å²) in [6, 6.07) is 8.30. The molecule has 3 rings (SSSR count). The summed E-state index contributed by atoms with van der Waals surface area (Å²) < 4.78 is 9.86. The van der Waals surface area contributed by atoms with Gasteiger partial charge in [0.2, 0.25) is 0 Å². The summed E-state index contributed by atoms with van der Waals surface area (Å²) in [6.07, 6.45) is 0.978. The average molecular weight is 258 g/mol. The van der Waals surface area contributed by atoms with Crippen LogP contribution in [0.15, 0.2) is 34.1 Å². The fraction of sp³-hybridized carbons (Fsp3) is 0.286. The number of oxazole rings is 1. The molecule has 1 unspecified atom stereocenters. The highest BCUT2D eigenvalue weighted by Crippen LogP contribution is 2.23. The zero-order valence-corrected chi connectivity index (χ0v) is 11.2. The SMILES string of the molecule is Cc1nc2cc(CC(C)c3ccsn3)ccc2o1. The van der Waals surface area contributed by atoms with E-state index in [0.717, 1.165) is 29.1 Å². The second-order valence-electron chi connectivity index (χ2n) is 4.56. The van der Waals surface area contributed by atoms with Gasteiger partial charge >= 0.3 is 0 Å². The first-order valence-electron chi connectivity index (χ1n) is 5.99. The molecule has 0 radical (unpaired) electrons. The van der Waals surface area contributed by atoms with E-state index in [2.05, 4.69) is 34.5 Å². The van der Waals surface area contributed by atoms with Crippen molar-refractivity contribution >= 4 is 22.6 Å². The molecule has 4 heteroatoms. The van der Waals surface area contributed by atoms with Crippen LogP contribution in [-0.2, 0) is 6.42 Å². The Balaban J connectivity index is 1.86. The Hall–Kier alpha value is -1.68. The summed E-state index contributed by atoms with van der Waals surface area (Å²) in [6.45, 7) is 4.07. The van der Waals surface area contributed by atoms with Gasteiger partial charge in [-0.2, -0.15) is 4.37 Å². The number of nitrogens with zero attached hydrogens (tertiary/aromatic N) is 2. The molecule has 3 aromatic rings. The first-order valence-corrected chi connectivity index (χ1v) is 6.82. The van der Waals surface area contributed by atoms with E-state index in [1.165, 1.54) is 17.1 Å². The Kier molecular flexibility index (Phi) is 2.88. The Labute approximate surface area is 110 Å². The van der Waals surface area contributed by atoms with Gasteiger partial charge in [0.25, 0.3) is 0 Å². The maximum atomic E-state index is 5.48. The standard InChI is InChI=1S/C14H14N2OS/c1-9(12-5-6-18-16-12)7-11-3-4-14-13(8-11)15-10(2)17-14/h3-6,8-9H,7H2,1-2H3. The second kappa shape index (κ2) is 4.53. The normalized spacial score (nSPS) is 13.0. The number of hydrogen-bond acceptors (Lipinski definition) is 4. The molecule has 3 nitrogen and oxygen atoms in total. The van der Waals surface area contributed by atoms with Crippen LogP contribution in [0.1, 0.15) is 30.0 Å². The van der Waals surface area contributed by atoms with Crippen molar-refractivity contribution < 1.29 is 4.42 Å². The molecule has 0 aliphatic rings. The maximum absolute atomic E-state index is 5.48. The van der Waals surface area contributed by atoms with Gasteiger partial charge in [-0.1, -0.05) is 13.0 Å². The molecule has 0 N–H and O–H groups in total. The Morgan fingerprint density at radius 1 is 1.33 bits per heavy atom. The number of aryl methyl sites for hydroxylation is 1. The van der Waals surface area contributed by atoms with E-state index in [1.54, 1.807) is 0 Å². The third kappa shape index (κ3) is 2.16. The van der Waals surface area contributed by atoms with Gasteiger partial charge in [-0.15, -0.1) is 0 Å². The van der Waals surface area contributed by atoms with Gasteiger partial charge in [0.05, 0.1) is 5.69 Å². The monoisotopic (exact) mass is 258 g/mol. The van der Waals surface area contributed by atoms with Crippen molar-refractivity contribution in [1.29, 1.82) is 0 Å². The highest BCUT2D eigenvalue weighted by Gasteiger charge is 2.10. The van der Waals surface area contributed by atoms with E-state index in [-0.39, 0.29) is 0 Å². The van der Waals surface area contributed by atoms with Crippen molar-refractivity contribution in [2.45, 2.75) is 26.2 Å². The van der Waals surface area contributed by atoms with E-state index in [0.29, 0.717) is 5.92 Å². The lowest BCUT2D eigenvalue weighted by Crippen LogP contribution is -1.98. The van der Waals surface area contributed by atoms with E-state index in [9.17, 15) is 0 Å². The highest BCUT2D eigenvalue weighted by atomic mass is 32.1. The zero-order valence-electron chi connectivity index (χ0n) is 10.4. The van der Waals surface area contributed by atoms with Crippen molar-refractivity contribution in [3.63, 3.8) is 0 Å². The first kappa shape index (κ1) is 11.4.